The molecule has 0 spiro atoms. The normalized spacial score (nSPS) is 17.3. The molecule has 0 amide bonds. The molecule has 1 aliphatic rings. The topological polar surface area (TPSA) is 61.3 Å². The Labute approximate surface area is 156 Å². The van der Waals surface area contributed by atoms with Gasteiger partial charge in [-0.2, -0.15) is 0 Å². The van der Waals surface area contributed by atoms with Gasteiger partial charge in [-0.25, -0.2) is 0 Å². The molecular formula is C20H23N3O2S. The van der Waals surface area contributed by atoms with E-state index >= 15 is 0 Å². The van der Waals surface area contributed by atoms with Crippen LogP contribution in [0.5, 0.6) is 0 Å². The highest BCUT2D eigenvalue weighted by Gasteiger charge is 2.27. The summed E-state index contributed by atoms with van der Waals surface area (Å²) in [5, 5.41) is 10.7. The fraction of sp³-hybridized carbons (Fsp3) is 0.350. The molecule has 0 bridgehead atoms. The maximum atomic E-state index is 12.4. The zero-order chi connectivity index (χ0) is 18.3. The van der Waals surface area contributed by atoms with E-state index in [0.29, 0.717) is 5.52 Å². The first kappa shape index (κ1) is 17.2. The number of hydrogen-bond acceptors (Lipinski definition) is 4. The zero-order valence-corrected chi connectivity index (χ0v) is 15.8. The van der Waals surface area contributed by atoms with E-state index in [9.17, 15) is 9.90 Å². The van der Waals surface area contributed by atoms with Crippen molar-refractivity contribution >= 4 is 28.4 Å². The van der Waals surface area contributed by atoms with E-state index in [1.165, 1.54) is 4.90 Å². The van der Waals surface area contributed by atoms with Crippen LogP contribution in [0.25, 0.3) is 22.0 Å². The number of aliphatic hydroxyl groups excluding tert-OH is 1. The highest BCUT2D eigenvalue weighted by Crippen LogP contribution is 2.39. The van der Waals surface area contributed by atoms with Crippen molar-refractivity contribution in [2.24, 2.45) is 7.05 Å². The van der Waals surface area contributed by atoms with Gasteiger partial charge in [0.2, 0.25) is 0 Å². The number of benzene rings is 1. The number of aromatic nitrogens is 2. The summed E-state index contributed by atoms with van der Waals surface area (Å²) in [6.45, 7) is 1.11. The summed E-state index contributed by atoms with van der Waals surface area (Å²) in [7, 11) is 1.79. The maximum absolute atomic E-state index is 12.4. The number of aliphatic hydroxyl groups is 1. The lowest BCUT2D eigenvalue weighted by Crippen LogP contribution is -2.32. The van der Waals surface area contributed by atoms with Crippen molar-refractivity contribution in [1.82, 2.24) is 9.55 Å². The number of thioether (sulfide) groups is 1. The lowest BCUT2D eigenvalue weighted by atomic mass is 10.0. The van der Waals surface area contributed by atoms with Crippen LogP contribution in [0.2, 0.25) is 0 Å². The van der Waals surface area contributed by atoms with Crippen molar-refractivity contribution < 1.29 is 5.11 Å². The van der Waals surface area contributed by atoms with Gasteiger partial charge in [0.1, 0.15) is 5.52 Å². The van der Waals surface area contributed by atoms with Crippen molar-refractivity contribution in [2.45, 2.75) is 23.8 Å². The number of hydrogen-bond donors (Lipinski definition) is 2. The molecule has 2 N–H and O–H groups in total. The third-order valence-corrected chi connectivity index (χ3v) is 6.01. The third-order valence-electron chi connectivity index (χ3n) is 5.29. The number of aromatic amines is 1. The molecule has 3 aromatic rings. The summed E-state index contributed by atoms with van der Waals surface area (Å²) >= 11 is 1.71. The Balaban J connectivity index is 1.98. The van der Waals surface area contributed by atoms with Crippen molar-refractivity contribution in [2.75, 3.05) is 24.3 Å². The zero-order valence-electron chi connectivity index (χ0n) is 15.0. The van der Waals surface area contributed by atoms with Crippen molar-refractivity contribution in [3.63, 3.8) is 0 Å². The molecule has 0 radical (unpaired) electrons. The Morgan fingerprint density at radius 3 is 2.92 bits per heavy atom. The molecule has 0 saturated carbocycles. The van der Waals surface area contributed by atoms with Crippen LogP contribution in [-0.4, -0.2) is 40.1 Å². The highest BCUT2D eigenvalue weighted by molar-refractivity contribution is 7.98. The standard InChI is InChI=1S/C20H23N3O2S/c1-22-11-17(15-7-8-21-19(15)20(22)25)16-10-14(26-2)5-6-18(16)23-9-3-4-13(23)12-24/h5-8,10-11,13,21,24H,3-4,9,12H2,1-2H3. The van der Waals surface area contributed by atoms with E-state index < -0.39 is 0 Å². The summed E-state index contributed by atoms with van der Waals surface area (Å²) in [6.07, 6.45) is 7.90. The van der Waals surface area contributed by atoms with Crippen LogP contribution in [0.15, 0.2) is 46.3 Å². The molecule has 1 aromatic carbocycles. The van der Waals surface area contributed by atoms with E-state index in [0.717, 1.165) is 41.6 Å². The molecule has 3 heterocycles. The molecule has 0 aliphatic carbocycles. The Bertz CT molecular complexity index is 1010. The van der Waals surface area contributed by atoms with Gasteiger partial charge in [-0.3, -0.25) is 4.79 Å². The van der Waals surface area contributed by atoms with Gasteiger partial charge in [0.15, 0.2) is 0 Å². The van der Waals surface area contributed by atoms with Crippen LogP contribution in [0, 0.1) is 0 Å². The number of rotatable bonds is 4. The van der Waals surface area contributed by atoms with Gasteiger partial charge in [0.05, 0.1) is 12.6 Å². The van der Waals surface area contributed by atoms with Crippen LogP contribution in [0.4, 0.5) is 5.69 Å². The molecular weight excluding hydrogens is 346 g/mol. The fourth-order valence-electron chi connectivity index (χ4n) is 3.93. The van der Waals surface area contributed by atoms with Gasteiger partial charge in [-0.05, 0) is 43.4 Å². The first-order valence-electron chi connectivity index (χ1n) is 8.86. The minimum absolute atomic E-state index is 0.0225. The fourth-order valence-corrected chi connectivity index (χ4v) is 4.37. The summed E-state index contributed by atoms with van der Waals surface area (Å²) < 4.78 is 1.64. The Hall–Kier alpha value is -2.18. The Morgan fingerprint density at radius 2 is 2.15 bits per heavy atom. The molecule has 4 rings (SSSR count). The molecule has 5 nitrogen and oxygen atoms in total. The molecule has 1 saturated heterocycles. The minimum atomic E-state index is -0.0225. The average molecular weight is 369 g/mol. The minimum Gasteiger partial charge on any atom is -0.394 e. The second-order valence-electron chi connectivity index (χ2n) is 6.78. The van der Waals surface area contributed by atoms with Gasteiger partial charge >= 0.3 is 0 Å². The van der Waals surface area contributed by atoms with Crippen molar-refractivity contribution in [3.05, 3.63) is 47.0 Å². The van der Waals surface area contributed by atoms with E-state index in [1.54, 1.807) is 23.4 Å². The van der Waals surface area contributed by atoms with Crippen LogP contribution in [0.1, 0.15) is 12.8 Å². The molecule has 136 valence electrons. The van der Waals surface area contributed by atoms with Crippen LogP contribution < -0.4 is 10.5 Å². The monoisotopic (exact) mass is 369 g/mol. The molecule has 1 aliphatic heterocycles. The molecule has 1 unspecified atom stereocenters. The highest BCUT2D eigenvalue weighted by atomic mass is 32.2. The van der Waals surface area contributed by atoms with E-state index in [-0.39, 0.29) is 18.2 Å². The molecule has 6 heteroatoms. The van der Waals surface area contributed by atoms with E-state index in [1.807, 2.05) is 18.5 Å². The first-order valence-corrected chi connectivity index (χ1v) is 10.1. The van der Waals surface area contributed by atoms with Crippen LogP contribution >= 0.6 is 11.8 Å². The lowest BCUT2D eigenvalue weighted by Gasteiger charge is -2.28. The second-order valence-corrected chi connectivity index (χ2v) is 7.66. The summed E-state index contributed by atoms with van der Waals surface area (Å²) in [5.74, 6) is 0. The second kappa shape index (κ2) is 6.85. The summed E-state index contributed by atoms with van der Waals surface area (Å²) in [4.78, 5) is 19.0. The predicted octanol–water partition coefficient (Wildman–Crippen LogP) is 3.22. The van der Waals surface area contributed by atoms with Gasteiger partial charge in [-0.1, -0.05) is 0 Å². The SMILES string of the molecule is CSc1ccc(N2CCCC2CO)c(-c2cn(C)c(=O)c3[nH]ccc23)c1. The Morgan fingerprint density at radius 1 is 1.31 bits per heavy atom. The van der Waals surface area contributed by atoms with E-state index in [2.05, 4.69) is 34.3 Å². The number of anilines is 1. The first-order chi connectivity index (χ1) is 12.6. The predicted molar refractivity (Wildman–Crippen MR) is 108 cm³/mol. The number of aryl methyl sites for hydroxylation is 1. The number of nitrogens with one attached hydrogen (secondary N) is 1. The number of fused-ring (bicyclic) bond motifs is 1. The number of H-pyrrole nitrogens is 1. The largest absolute Gasteiger partial charge is 0.394 e. The molecule has 1 fully saturated rings. The van der Waals surface area contributed by atoms with Gasteiger partial charge < -0.3 is 19.6 Å². The van der Waals surface area contributed by atoms with Crippen molar-refractivity contribution in [1.29, 1.82) is 0 Å². The van der Waals surface area contributed by atoms with E-state index in [4.69, 9.17) is 0 Å². The summed E-state index contributed by atoms with van der Waals surface area (Å²) in [6, 6.07) is 8.60. The molecule has 26 heavy (non-hydrogen) atoms. The Kier molecular flexibility index (Phi) is 4.54. The van der Waals surface area contributed by atoms with Gasteiger partial charge in [0, 0.05) is 53.1 Å². The lowest BCUT2D eigenvalue weighted by molar-refractivity contribution is 0.266. The van der Waals surface area contributed by atoms with Gasteiger partial charge in [0.25, 0.3) is 5.56 Å². The molecule has 2 aromatic heterocycles. The maximum Gasteiger partial charge on any atom is 0.274 e. The third kappa shape index (κ3) is 2.73. The number of nitrogens with zero attached hydrogens (tertiary/aromatic N) is 2. The van der Waals surface area contributed by atoms with Crippen molar-refractivity contribution in [3.8, 4) is 11.1 Å². The quantitative estimate of drug-likeness (QED) is 0.693. The van der Waals surface area contributed by atoms with Crippen LogP contribution in [0.3, 0.4) is 0 Å². The van der Waals surface area contributed by atoms with Gasteiger partial charge in [-0.15, -0.1) is 11.8 Å². The summed E-state index contributed by atoms with van der Waals surface area (Å²) in [5.41, 5.74) is 3.88. The molecule has 1 atom stereocenters. The van der Waals surface area contributed by atoms with Crippen LogP contribution in [-0.2, 0) is 7.05 Å². The number of pyridine rings is 1. The smallest absolute Gasteiger partial charge is 0.274 e. The average Bonchev–Trinajstić information content (AvgIpc) is 3.33.